The molecule has 100 valence electrons. The van der Waals surface area contributed by atoms with Crippen molar-refractivity contribution in [3.05, 3.63) is 5.89 Å². The number of hydrogen-bond donors (Lipinski definition) is 0. The molecule has 5 nitrogen and oxygen atoms in total. The van der Waals surface area contributed by atoms with Crippen LogP contribution in [0.15, 0.2) is 4.42 Å². The minimum absolute atomic E-state index is 0.0593. The Balaban J connectivity index is 2.23. The van der Waals surface area contributed by atoms with Gasteiger partial charge in [-0.2, -0.15) is 0 Å². The van der Waals surface area contributed by atoms with Crippen LogP contribution in [-0.2, 0) is 10.2 Å². The summed E-state index contributed by atoms with van der Waals surface area (Å²) in [5.74, 6) is 0.777. The lowest BCUT2D eigenvalue weighted by molar-refractivity contribution is -0.120. The van der Waals surface area contributed by atoms with Crippen LogP contribution in [0.25, 0.3) is 0 Å². The second-order valence-electron chi connectivity index (χ2n) is 5.34. The maximum atomic E-state index is 11.9. The van der Waals surface area contributed by atoms with Crippen LogP contribution in [0, 0.1) is 5.92 Å². The Hall–Kier alpha value is -1.39. The fourth-order valence-corrected chi connectivity index (χ4v) is 2.13. The van der Waals surface area contributed by atoms with Crippen molar-refractivity contribution >= 4 is 11.9 Å². The molecule has 0 saturated carbocycles. The van der Waals surface area contributed by atoms with E-state index in [0.717, 1.165) is 19.3 Å². The van der Waals surface area contributed by atoms with Gasteiger partial charge in [0.15, 0.2) is 0 Å². The normalized spacial score (nSPS) is 20.8. The minimum Gasteiger partial charge on any atom is -0.407 e. The van der Waals surface area contributed by atoms with Gasteiger partial charge in [0, 0.05) is 17.9 Å². The monoisotopic (exact) mass is 251 g/mol. The molecule has 0 N–H and O–H groups in total. The molecule has 0 radical (unpaired) electrons. The summed E-state index contributed by atoms with van der Waals surface area (Å²) in [7, 11) is 0. The molecule has 1 fully saturated rings. The number of anilines is 1. The summed E-state index contributed by atoms with van der Waals surface area (Å²) in [6.45, 7) is 8.93. The largest absolute Gasteiger partial charge is 0.407 e. The number of aromatic nitrogens is 2. The molecule has 1 saturated heterocycles. The van der Waals surface area contributed by atoms with E-state index in [0.29, 0.717) is 18.5 Å². The van der Waals surface area contributed by atoms with Crippen LogP contribution < -0.4 is 4.90 Å². The Morgan fingerprint density at radius 3 is 2.56 bits per heavy atom. The first-order valence-corrected chi connectivity index (χ1v) is 6.67. The van der Waals surface area contributed by atoms with Crippen molar-refractivity contribution in [2.45, 2.75) is 52.4 Å². The molecule has 1 aliphatic heterocycles. The molecule has 1 aliphatic rings. The summed E-state index contributed by atoms with van der Waals surface area (Å²) in [5, 5.41) is 8.16. The van der Waals surface area contributed by atoms with Gasteiger partial charge in [0.2, 0.25) is 11.8 Å². The third-order valence-electron chi connectivity index (χ3n) is 4.20. The molecule has 0 spiro atoms. The van der Waals surface area contributed by atoms with Crippen LogP contribution in [0.3, 0.4) is 0 Å². The lowest BCUT2D eigenvalue weighted by Gasteiger charge is -2.21. The summed E-state index contributed by atoms with van der Waals surface area (Å²) in [4.78, 5) is 13.5. The van der Waals surface area contributed by atoms with Crippen LogP contribution in [0.4, 0.5) is 6.01 Å². The molecule has 0 aromatic carbocycles. The molecule has 1 unspecified atom stereocenters. The van der Waals surface area contributed by atoms with Crippen LogP contribution >= 0.6 is 0 Å². The zero-order valence-corrected chi connectivity index (χ0v) is 11.6. The van der Waals surface area contributed by atoms with Crippen LogP contribution in [0.5, 0.6) is 0 Å². The van der Waals surface area contributed by atoms with Crippen molar-refractivity contribution < 1.29 is 9.21 Å². The molecule has 2 rings (SSSR count). The zero-order valence-electron chi connectivity index (χ0n) is 11.6. The molecule has 18 heavy (non-hydrogen) atoms. The number of nitrogens with zero attached hydrogens (tertiary/aromatic N) is 3. The lowest BCUT2D eigenvalue weighted by Crippen LogP contribution is -2.26. The number of carbonyl (C=O) groups is 1. The van der Waals surface area contributed by atoms with Gasteiger partial charge in [0.1, 0.15) is 0 Å². The molecule has 1 atom stereocenters. The smallest absolute Gasteiger partial charge is 0.325 e. The minimum atomic E-state index is -0.0976. The maximum Gasteiger partial charge on any atom is 0.325 e. The van der Waals surface area contributed by atoms with E-state index in [-0.39, 0.29) is 17.2 Å². The molecular formula is C13H21N3O2. The molecule has 5 heteroatoms. The predicted molar refractivity (Wildman–Crippen MR) is 68.4 cm³/mol. The molecular weight excluding hydrogens is 230 g/mol. The lowest BCUT2D eigenvalue weighted by atomic mass is 9.85. The second-order valence-corrected chi connectivity index (χ2v) is 5.34. The van der Waals surface area contributed by atoms with Crippen molar-refractivity contribution in [1.29, 1.82) is 0 Å². The van der Waals surface area contributed by atoms with E-state index in [1.807, 2.05) is 6.92 Å². The second kappa shape index (κ2) is 4.71. The molecule has 2 heterocycles. The van der Waals surface area contributed by atoms with Gasteiger partial charge in [0.05, 0.1) is 0 Å². The number of hydrogen-bond acceptors (Lipinski definition) is 4. The average Bonchev–Trinajstić information content (AvgIpc) is 2.98. The molecule has 0 aliphatic carbocycles. The highest BCUT2D eigenvalue weighted by atomic mass is 16.4. The third-order valence-corrected chi connectivity index (χ3v) is 4.20. The van der Waals surface area contributed by atoms with Crippen LogP contribution in [-0.4, -0.2) is 22.6 Å². The Morgan fingerprint density at radius 2 is 2.06 bits per heavy atom. The Bertz CT molecular complexity index is 437. The highest BCUT2D eigenvalue weighted by molar-refractivity contribution is 5.94. The molecule has 1 amide bonds. The summed E-state index contributed by atoms with van der Waals surface area (Å²) >= 11 is 0. The van der Waals surface area contributed by atoms with E-state index in [9.17, 15) is 4.79 Å². The van der Waals surface area contributed by atoms with E-state index in [1.165, 1.54) is 0 Å². The Labute approximate surface area is 108 Å². The van der Waals surface area contributed by atoms with Gasteiger partial charge in [-0.05, 0) is 19.3 Å². The number of rotatable bonds is 4. The number of carbonyl (C=O) groups excluding carboxylic acids is 1. The van der Waals surface area contributed by atoms with Crippen molar-refractivity contribution in [1.82, 2.24) is 10.2 Å². The Kier molecular flexibility index (Phi) is 3.41. The third kappa shape index (κ3) is 2.02. The SMILES string of the molecule is CCC(C)(CC)c1nnc(N2CCC(C)C2=O)o1. The van der Waals surface area contributed by atoms with Gasteiger partial charge < -0.3 is 4.42 Å². The topological polar surface area (TPSA) is 59.2 Å². The van der Waals surface area contributed by atoms with Gasteiger partial charge in [0.25, 0.3) is 0 Å². The van der Waals surface area contributed by atoms with Gasteiger partial charge in [-0.25, -0.2) is 0 Å². The summed E-state index contributed by atoms with van der Waals surface area (Å²) in [5.41, 5.74) is -0.0976. The van der Waals surface area contributed by atoms with Crippen LogP contribution in [0.2, 0.25) is 0 Å². The Morgan fingerprint density at radius 1 is 1.39 bits per heavy atom. The van der Waals surface area contributed by atoms with Crippen LogP contribution in [0.1, 0.15) is 52.8 Å². The number of amides is 1. The fourth-order valence-electron chi connectivity index (χ4n) is 2.13. The van der Waals surface area contributed by atoms with E-state index in [1.54, 1.807) is 4.90 Å². The van der Waals surface area contributed by atoms with E-state index in [4.69, 9.17) is 4.42 Å². The average molecular weight is 251 g/mol. The highest BCUT2D eigenvalue weighted by Gasteiger charge is 2.35. The first-order valence-electron chi connectivity index (χ1n) is 6.67. The zero-order chi connectivity index (χ0) is 13.3. The van der Waals surface area contributed by atoms with Crippen molar-refractivity contribution in [2.24, 2.45) is 5.92 Å². The van der Waals surface area contributed by atoms with E-state index < -0.39 is 0 Å². The van der Waals surface area contributed by atoms with E-state index >= 15 is 0 Å². The summed E-state index contributed by atoms with van der Waals surface area (Å²) in [6, 6.07) is 0.354. The molecule has 0 bridgehead atoms. The standard InChI is InChI=1S/C13H21N3O2/c1-5-13(4,6-2)11-14-15-12(18-11)16-8-7-9(3)10(16)17/h9H,5-8H2,1-4H3. The van der Waals surface area contributed by atoms with Gasteiger partial charge in [-0.15, -0.1) is 5.10 Å². The van der Waals surface area contributed by atoms with Crippen molar-refractivity contribution in [3.8, 4) is 0 Å². The quantitative estimate of drug-likeness (QED) is 0.825. The summed E-state index contributed by atoms with van der Waals surface area (Å²) < 4.78 is 5.72. The van der Waals surface area contributed by atoms with Crippen molar-refractivity contribution in [3.63, 3.8) is 0 Å². The van der Waals surface area contributed by atoms with Crippen molar-refractivity contribution in [2.75, 3.05) is 11.4 Å². The first kappa shape index (κ1) is 13.1. The maximum absolute atomic E-state index is 11.9. The molecule has 1 aromatic heterocycles. The summed E-state index contributed by atoms with van der Waals surface area (Å²) in [6.07, 6.45) is 2.74. The van der Waals surface area contributed by atoms with Gasteiger partial charge in [-0.1, -0.05) is 32.8 Å². The fraction of sp³-hybridized carbons (Fsp3) is 0.769. The first-order chi connectivity index (χ1) is 8.51. The highest BCUT2D eigenvalue weighted by Crippen LogP contribution is 2.32. The van der Waals surface area contributed by atoms with Gasteiger partial charge in [-0.3, -0.25) is 9.69 Å². The van der Waals surface area contributed by atoms with E-state index in [2.05, 4.69) is 31.0 Å². The predicted octanol–water partition coefficient (Wildman–Crippen LogP) is 2.52. The molecule has 1 aromatic rings. The van der Waals surface area contributed by atoms with Gasteiger partial charge >= 0.3 is 6.01 Å².